The summed E-state index contributed by atoms with van der Waals surface area (Å²) in [7, 11) is 0. The number of rotatable bonds is 3. The van der Waals surface area contributed by atoms with Crippen LogP contribution in [0.15, 0.2) is 23.3 Å². The van der Waals surface area contributed by atoms with E-state index in [0.29, 0.717) is 10.0 Å². The SMILES string of the molecule is CC(C(=O)O)=C(C)C(=O)Nc1c(Cl)ccc(C)c1Cl. The zero-order valence-corrected chi connectivity index (χ0v) is 12.2. The van der Waals surface area contributed by atoms with E-state index in [9.17, 15) is 9.59 Å². The van der Waals surface area contributed by atoms with Crippen molar-refractivity contribution in [2.75, 3.05) is 5.32 Å². The number of carboxylic acids is 1. The van der Waals surface area contributed by atoms with Crippen molar-refractivity contribution >= 4 is 40.8 Å². The normalized spacial score (nSPS) is 11.8. The van der Waals surface area contributed by atoms with Crippen molar-refractivity contribution in [1.82, 2.24) is 0 Å². The van der Waals surface area contributed by atoms with E-state index in [-0.39, 0.29) is 16.8 Å². The van der Waals surface area contributed by atoms with E-state index in [2.05, 4.69) is 5.32 Å². The highest BCUT2D eigenvalue weighted by Gasteiger charge is 2.16. The van der Waals surface area contributed by atoms with Crippen LogP contribution in [0.25, 0.3) is 0 Å². The predicted molar refractivity (Wildman–Crippen MR) is 75.8 cm³/mol. The van der Waals surface area contributed by atoms with Crippen LogP contribution in [0, 0.1) is 6.92 Å². The number of aryl methyl sites for hydroxylation is 1. The lowest BCUT2D eigenvalue weighted by atomic mass is 10.1. The topological polar surface area (TPSA) is 66.4 Å². The molecule has 6 heteroatoms. The van der Waals surface area contributed by atoms with Crippen molar-refractivity contribution < 1.29 is 14.7 Å². The lowest BCUT2D eigenvalue weighted by Crippen LogP contribution is -2.17. The lowest BCUT2D eigenvalue weighted by Gasteiger charge is -2.12. The minimum atomic E-state index is -1.14. The molecule has 19 heavy (non-hydrogen) atoms. The molecule has 0 unspecified atom stereocenters. The van der Waals surface area contributed by atoms with Gasteiger partial charge in [-0.1, -0.05) is 29.3 Å². The molecular formula is C13H13Cl2NO3. The van der Waals surface area contributed by atoms with Crippen LogP contribution in [0.5, 0.6) is 0 Å². The molecule has 0 fully saturated rings. The molecule has 0 aliphatic carbocycles. The fourth-order valence-corrected chi connectivity index (χ4v) is 1.77. The molecule has 0 heterocycles. The number of anilines is 1. The smallest absolute Gasteiger partial charge is 0.331 e. The molecule has 102 valence electrons. The summed E-state index contributed by atoms with van der Waals surface area (Å²) < 4.78 is 0. The highest BCUT2D eigenvalue weighted by atomic mass is 35.5. The summed E-state index contributed by atoms with van der Waals surface area (Å²) in [4.78, 5) is 22.7. The van der Waals surface area contributed by atoms with Crippen LogP contribution in [0.1, 0.15) is 19.4 Å². The molecule has 0 radical (unpaired) electrons. The van der Waals surface area contributed by atoms with E-state index in [1.165, 1.54) is 13.8 Å². The number of carbonyl (C=O) groups is 2. The quantitative estimate of drug-likeness (QED) is 0.837. The highest BCUT2D eigenvalue weighted by molar-refractivity contribution is 6.40. The first-order valence-corrected chi connectivity index (χ1v) is 6.18. The summed E-state index contributed by atoms with van der Waals surface area (Å²) in [6.07, 6.45) is 0. The third-order valence-electron chi connectivity index (χ3n) is 2.75. The van der Waals surface area contributed by atoms with Gasteiger partial charge in [-0.25, -0.2) is 4.79 Å². The molecule has 1 rings (SSSR count). The molecule has 0 aliphatic heterocycles. The van der Waals surface area contributed by atoms with E-state index in [0.717, 1.165) is 5.56 Å². The van der Waals surface area contributed by atoms with Crippen LogP contribution in [-0.2, 0) is 9.59 Å². The van der Waals surface area contributed by atoms with Crippen molar-refractivity contribution in [3.63, 3.8) is 0 Å². The fourth-order valence-electron chi connectivity index (χ4n) is 1.31. The minimum Gasteiger partial charge on any atom is -0.478 e. The van der Waals surface area contributed by atoms with Gasteiger partial charge in [0.2, 0.25) is 0 Å². The largest absolute Gasteiger partial charge is 0.478 e. The summed E-state index contributed by atoms with van der Waals surface area (Å²) in [6.45, 7) is 4.56. The highest BCUT2D eigenvalue weighted by Crippen LogP contribution is 2.33. The summed E-state index contributed by atoms with van der Waals surface area (Å²) in [5.74, 6) is -1.69. The molecule has 0 atom stereocenters. The Bertz CT molecular complexity index is 579. The summed E-state index contributed by atoms with van der Waals surface area (Å²) in [5.41, 5.74) is 1.11. The number of carboxylic acid groups (broad SMARTS) is 1. The Kier molecular flexibility index (Phi) is 4.97. The number of benzene rings is 1. The molecule has 1 aromatic rings. The van der Waals surface area contributed by atoms with Crippen LogP contribution in [0.3, 0.4) is 0 Å². The number of hydrogen-bond donors (Lipinski definition) is 2. The van der Waals surface area contributed by atoms with Gasteiger partial charge in [0.05, 0.1) is 15.7 Å². The van der Waals surface area contributed by atoms with Crippen molar-refractivity contribution in [3.05, 3.63) is 38.9 Å². The average Bonchev–Trinajstić information content (AvgIpc) is 2.37. The van der Waals surface area contributed by atoms with E-state index in [1.54, 1.807) is 19.1 Å². The number of amides is 1. The second-order valence-electron chi connectivity index (χ2n) is 4.06. The fraction of sp³-hybridized carbons (Fsp3) is 0.231. The second kappa shape index (κ2) is 6.08. The third-order valence-corrected chi connectivity index (χ3v) is 3.55. The van der Waals surface area contributed by atoms with Gasteiger partial charge in [0, 0.05) is 11.1 Å². The second-order valence-corrected chi connectivity index (χ2v) is 4.85. The van der Waals surface area contributed by atoms with Crippen LogP contribution < -0.4 is 5.32 Å². The number of carbonyl (C=O) groups excluding carboxylic acids is 1. The van der Waals surface area contributed by atoms with Crippen LogP contribution in [-0.4, -0.2) is 17.0 Å². The monoisotopic (exact) mass is 301 g/mol. The molecular weight excluding hydrogens is 289 g/mol. The van der Waals surface area contributed by atoms with E-state index in [4.69, 9.17) is 28.3 Å². The Hall–Kier alpha value is -1.52. The zero-order valence-electron chi connectivity index (χ0n) is 10.7. The van der Waals surface area contributed by atoms with Gasteiger partial charge in [0.1, 0.15) is 0 Å². The van der Waals surface area contributed by atoms with E-state index in [1.807, 2.05) is 0 Å². The van der Waals surface area contributed by atoms with Gasteiger partial charge in [-0.15, -0.1) is 0 Å². The number of halogens is 2. The maximum atomic E-state index is 11.9. The Labute approximate surface area is 121 Å². The Balaban J connectivity index is 3.12. The number of nitrogens with one attached hydrogen (secondary N) is 1. The Morgan fingerprint density at radius 3 is 2.26 bits per heavy atom. The maximum absolute atomic E-state index is 11.9. The Morgan fingerprint density at radius 1 is 1.16 bits per heavy atom. The first-order chi connectivity index (χ1) is 8.75. The van der Waals surface area contributed by atoms with Gasteiger partial charge >= 0.3 is 5.97 Å². The number of hydrogen-bond acceptors (Lipinski definition) is 2. The molecule has 0 spiro atoms. The first kappa shape index (κ1) is 15.5. The van der Waals surface area contributed by atoms with E-state index >= 15 is 0 Å². The molecule has 0 saturated heterocycles. The van der Waals surface area contributed by atoms with Gasteiger partial charge in [0.15, 0.2) is 0 Å². The molecule has 2 N–H and O–H groups in total. The molecule has 0 aliphatic rings. The van der Waals surface area contributed by atoms with Crippen LogP contribution in [0.2, 0.25) is 10.0 Å². The van der Waals surface area contributed by atoms with Crippen LogP contribution >= 0.6 is 23.2 Å². The van der Waals surface area contributed by atoms with E-state index < -0.39 is 11.9 Å². The maximum Gasteiger partial charge on any atom is 0.331 e. The zero-order chi connectivity index (χ0) is 14.7. The average molecular weight is 302 g/mol. The standard InChI is InChI=1S/C13H13Cl2NO3/c1-6-4-5-9(14)11(10(6)15)16-12(17)7(2)8(3)13(18)19/h4-5H,1-3H3,(H,16,17)(H,18,19). The summed E-state index contributed by atoms with van der Waals surface area (Å²) in [5, 5.41) is 12.0. The Morgan fingerprint density at radius 2 is 1.74 bits per heavy atom. The summed E-state index contributed by atoms with van der Waals surface area (Å²) >= 11 is 12.0. The van der Waals surface area contributed by atoms with Crippen molar-refractivity contribution in [2.45, 2.75) is 20.8 Å². The van der Waals surface area contributed by atoms with Gasteiger partial charge in [-0.3, -0.25) is 4.79 Å². The van der Waals surface area contributed by atoms with Gasteiger partial charge in [-0.05, 0) is 32.4 Å². The molecule has 0 aromatic heterocycles. The van der Waals surface area contributed by atoms with Gasteiger partial charge in [-0.2, -0.15) is 0 Å². The van der Waals surface area contributed by atoms with Crippen LogP contribution in [0.4, 0.5) is 5.69 Å². The van der Waals surface area contributed by atoms with Gasteiger partial charge in [0.25, 0.3) is 5.91 Å². The molecule has 1 aromatic carbocycles. The number of aliphatic carboxylic acids is 1. The predicted octanol–water partition coefficient (Wildman–Crippen LogP) is 3.66. The summed E-state index contributed by atoms with van der Waals surface area (Å²) in [6, 6.07) is 3.34. The van der Waals surface area contributed by atoms with Gasteiger partial charge < -0.3 is 10.4 Å². The molecule has 1 amide bonds. The van der Waals surface area contributed by atoms with Crippen molar-refractivity contribution in [1.29, 1.82) is 0 Å². The van der Waals surface area contributed by atoms with Crippen molar-refractivity contribution in [2.24, 2.45) is 0 Å². The third kappa shape index (κ3) is 3.49. The van der Waals surface area contributed by atoms with Crippen molar-refractivity contribution in [3.8, 4) is 0 Å². The lowest BCUT2D eigenvalue weighted by molar-refractivity contribution is -0.133. The minimum absolute atomic E-state index is 0.0302. The first-order valence-electron chi connectivity index (χ1n) is 5.42. The molecule has 4 nitrogen and oxygen atoms in total. The molecule has 0 saturated carbocycles. The molecule has 0 bridgehead atoms.